The van der Waals surface area contributed by atoms with E-state index in [4.69, 9.17) is 4.55 Å². The molecule has 0 aromatic heterocycles. The first-order valence-corrected chi connectivity index (χ1v) is 4.61. The molecule has 3 nitrogen and oxygen atoms in total. The van der Waals surface area contributed by atoms with Gasteiger partial charge >= 0.3 is 10.1 Å². The first-order chi connectivity index (χ1) is 6.68. The summed E-state index contributed by atoms with van der Waals surface area (Å²) in [6.45, 7) is 0. The molecule has 0 radical (unpaired) electrons. The van der Waals surface area contributed by atoms with Gasteiger partial charge in [-0.3, -0.25) is 4.55 Å². The number of benzene rings is 1. The number of rotatable bonds is 1. The second kappa shape index (κ2) is 4.88. The first-order valence-electron chi connectivity index (χ1n) is 3.16. The van der Waals surface area contributed by atoms with Crippen molar-refractivity contribution in [3.8, 4) is 0 Å². The van der Waals surface area contributed by atoms with Gasteiger partial charge in [0.15, 0.2) is 28.2 Å². The van der Waals surface area contributed by atoms with Crippen LogP contribution in [0.15, 0.2) is 4.90 Å². The van der Waals surface area contributed by atoms with Crippen LogP contribution >= 0.6 is 0 Å². The Hall–Kier alpha value is -0.350. The maximum atomic E-state index is 12.6. The molecule has 0 aliphatic rings. The molecular formula is C6HF5HfO3S. The van der Waals surface area contributed by atoms with Crippen molar-refractivity contribution in [2.75, 3.05) is 0 Å². The van der Waals surface area contributed by atoms with Crippen LogP contribution in [0.3, 0.4) is 0 Å². The molecule has 0 unspecified atom stereocenters. The summed E-state index contributed by atoms with van der Waals surface area (Å²) < 4.78 is 91.3. The molecule has 0 bridgehead atoms. The van der Waals surface area contributed by atoms with Crippen LogP contribution in [0.2, 0.25) is 0 Å². The van der Waals surface area contributed by atoms with Gasteiger partial charge in [0.1, 0.15) is 0 Å². The van der Waals surface area contributed by atoms with Gasteiger partial charge in [-0.1, -0.05) is 0 Å². The van der Waals surface area contributed by atoms with Gasteiger partial charge in [-0.15, -0.1) is 0 Å². The average Bonchev–Trinajstić information content (AvgIpc) is 2.09. The maximum Gasteiger partial charge on any atom is 0.300 e. The monoisotopic (exact) mass is 428 g/mol. The van der Waals surface area contributed by atoms with Crippen molar-refractivity contribution in [2.45, 2.75) is 4.90 Å². The van der Waals surface area contributed by atoms with Gasteiger partial charge in [-0.05, 0) is 0 Å². The summed E-state index contributed by atoms with van der Waals surface area (Å²) >= 11 is 0. The molecule has 88 valence electrons. The standard InChI is InChI=1S/C6HF5O3S.Hf/c7-1-2(8)4(10)6(15(12,13)14)5(11)3(1)9;/h(H,12,13,14);. The van der Waals surface area contributed by atoms with Crippen molar-refractivity contribution >= 4 is 10.1 Å². The summed E-state index contributed by atoms with van der Waals surface area (Å²) in [6.07, 6.45) is 0. The minimum absolute atomic E-state index is 0. The van der Waals surface area contributed by atoms with Crippen molar-refractivity contribution < 1.29 is 60.8 Å². The summed E-state index contributed by atoms with van der Waals surface area (Å²) in [6, 6.07) is 0. The van der Waals surface area contributed by atoms with Crippen LogP contribution in [-0.2, 0) is 36.0 Å². The molecule has 10 heteroatoms. The van der Waals surface area contributed by atoms with E-state index in [1.807, 2.05) is 0 Å². The Balaban J connectivity index is 0.00000225. The number of halogens is 5. The predicted molar refractivity (Wildman–Crippen MR) is 36.0 cm³/mol. The van der Waals surface area contributed by atoms with Gasteiger partial charge in [0.25, 0.3) is 0 Å². The molecule has 0 saturated carbocycles. The molecule has 0 atom stereocenters. The molecule has 0 aliphatic heterocycles. The van der Waals surface area contributed by atoms with E-state index in [1.54, 1.807) is 0 Å². The Bertz CT molecular complexity index is 500. The second-order valence-corrected chi connectivity index (χ2v) is 3.73. The van der Waals surface area contributed by atoms with Crippen LogP contribution in [-0.4, -0.2) is 13.0 Å². The fourth-order valence-corrected chi connectivity index (χ4v) is 1.44. The molecular weight excluding hydrogens is 426 g/mol. The molecule has 1 N–H and O–H groups in total. The average molecular weight is 427 g/mol. The van der Waals surface area contributed by atoms with Crippen molar-refractivity contribution in [2.24, 2.45) is 0 Å². The van der Waals surface area contributed by atoms with E-state index in [-0.39, 0.29) is 25.8 Å². The minimum atomic E-state index is -5.52. The van der Waals surface area contributed by atoms with E-state index >= 15 is 0 Å². The molecule has 0 amide bonds. The van der Waals surface area contributed by atoms with Gasteiger partial charge < -0.3 is 0 Å². The zero-order valence-corrected chi connectivity index (χ0v) is 11.5. The third kappa shape index (κ3) is 2.48. The van der Waals surface area contributed by atoms with Crippen molar-refractivity contribution in [3.05, 3.63) is 29.1 Å². The van der Waals surface area contributed by atoms with E-state index < -0.39 is 44.1 Å². The summed E-state index contributed by atoms with van der Waals surface area (Å²) in [7, 11) is -5.52. The summed E-state index contributed by atoms with van der Waals surface area (Å²) in [5.41, 5.74) is 0. The molecule has 1 aromatic rings. The van der Waals surface area contributed by atoms with Gasteiger partial charge in [0, 0.05) is 25.8 Å². The quantitative estimate of drug-likeness (QED) is 0.244. The van der Waals surface area contributed by atoms with Gasteiger partial charge in [0.05, 0.1) is 0 Å². The van der Waals surface area contributed by atoms with Gasteiger partial charge in [-0.2, -0.15) is 8.42 Å². The summed E-state index contributed by atoms with van der Waals surface area (Å²) in [4.78, 5) is -2.26. The molecule has 0 aliphatic carbocycles. The maximum absolute atomic E-state index is 12.6. The summed E-state index contributed by atoms with van der Waals surface area (Å²) in [5.74, 6) is -12.6. The van der Waals surface area contributed by atoms with Crippen LogP contribution in [0.5, 0.6) is 0 Å². The van der Waals surface area contributed by atoms with Crippen LogP contribution in [0.1, 0.15) is 0 Å². The van der Waals surface area contributed by atoms with Crippen LogP contribution in [0.4, 0.5) is 22.0 Å². The Labute approximate surface area is 105 Å². The first kappa shape index (κ1) is 15.7. The fourth-order valence-electron chi connectivity index (χ4n) is 0.811. The van der Waals surface area contributed by atoms with Crippen LogP contribution in [0.25, 0.3) is 0 Å². The van der Waals surface area contributed by atoms with Crippen molar-refractivity contribution in [1.82, 2.24) is 0 Å². The third-order valence-electron chi connectivity index (χ3n) is 1.43. The molecule has 1 rings (SSSR count). The minimum Gasteiger partial charge on any atom is -0.282 e. The molecule has 0 fully saturated rings. The number of hydrogen-bond donors (Lipinski definition) is 1. The van der Waals surface area contributed by atoms with Crippen LogP contribution in [0, 0.1) is 29.1 Å². The van der Waals surface area contributed by atoms with Crippen molar-refractivity contribution in [3.63, 3.8) is 0 Å². The van der Waals surface area contributed by atoms with Gasteiger partial charge in [0.2, 0.25) is 5.82 Å². The fraction of sp³-hybridized carbons (Fsp3) is 0. The van der Waals surface area contributed by atoms with E-state index in [0.717, 1.165) is 0 Å². The Morgan fingerprint density at radius 1 is 0.750 bits per heavy atom. The zero-order chi connectivity index (χ0) is 12.0. The molecule has 0 saturated heterocycles. The molecule has 16 heavy (non-hydrogen) atoms. The molecule has 0 heterocycles. The Kier molecular flexibility index (Phi) is 4.77. The SMILES string of the molecule is O=S(=O)(O)c1c(F)c(F)c(F)c(F)c1F.[Hf]. The number of hydrogen-bond acceptors (Lipinski definition) is 2. The van der Waals surface area contributed by atoms with Crippen molar-refractivity contribution in [1.29, 1.82) is 0 Å². The predicted octanol–water partition coefficient (Wildman–Crippen LogP) is 1.63. The zero-order valence-electron chi connectivity index (χ0n) is 7.06. The normalized spacial score (nSPS) is 11.1. The van der Waals surface area contributed by atoms with E-state index in [2.05, 4.69) is 0 Å². The van der Waals surface area contributed by atoms with Crippen LogP contribution < -0.4 is 0 Å². The Morgan fingerprint density at radius 2 is 1.00 bits per heavy atom. The molecule has 1 aromatic carbocycles. The van der Waals surface area contributed by atoms with E-state index in [0.29, 0.717) is 0 Å². The molecule has 0 spiro atoms. The topological polar surface area (TPSA) is 54.4 Å². The largest absolute Gasteiger partial charge is 0.300 e. The Morgan fingerprint density at radius 3 is 1.25 bits per heavy atom. The van der Waals surface area contributed by atoms with E-state index in [1.165, 1.54) is 0 Å². The second-order valence-electron chi connectivity index (χ2n) is 2.37. The summed E-state index contributed by atoms with van der Waals surface area (Å²) in [5, 5.41) is 0. The third-order valence-corrected chi connectivity index (χ3v) is 2.30. The van der Waals surface area contributed by atoms with E-state index in [9.17, 15) is 30.4 Å². The van der Waals surface area contributed by atoms with Gasteiger partial charge in [-0.25, -0.2) is 22.0 Å². The smallest absolute Gasteiger partial charge is 0.282 e.